The SMILES string of the molecule is Nc1ccc2c(c1)N(Cc1ccccc1)CC2. The fourth-order valence-corrected chi connectivity index (χ4v) is 2.43. The molecule has 2 N–H and O–H groups in total. The van der Waals surface area contributed by atoms with Crippen molar-refractivity contribution in [2.24, 2.45) is 0 Å². The van der Waals surface area contributed by atoms with Crippen molar-refractivity contribution in [1.29, 1.82) is 0 Å². The molecule has 1 aliphatic heterocycles. The number of fused-ring (bicyclic) bond motifs is 1. The Morgan fingerprint density at radius 3 is 2.71 bits per heavy atom. The summed E-state index contributed by atoms with van der Waals surface area (Å²) in [6.07, 6.45) is 1.13. The molecule has 1 heterocycles. The average molecular weight is 224 g/mol. The lowest BCUT2D eigenvalue weighted by Gasteiger charge is -2.19. The predicted octanol–water partition coefficient (Wildman–Crippen LogP) is 2.83. The molecule has 0 fully saturated rings. The van der Waals surface area contributed by atoms with Crippen molar-refractivity contribution in [3.63, 3.8) is 0 Å². The molecule has 17 heavy (non-hydrogen) atoms. The van der Waals surface area contributed by atoms with Gasteiger partial charge < -0.3 is 10.6 Å². The molecule has 3 rings (SSSR count). The van der Waals surface area contributed by atoms with Crippen LogP contribution in [-0.4, -0.2) is 6.54 Å². The second kappa shape index (κ2) is 4.13. The summed E-state index contributed by atoms with van der Waals surface area (Å²) < 4.78 is 0. The number of hydrogen-bond acceptors (Lipinski definition) is 2. The van der Waals surface area contributed by atoms with E-state index in [-0.39, 0.29) is 0 Å². The molecular weight excluding hydrogens is 208 g/mol. The van der Waals surface area contributed by atoms with E-state index in [1.54, 1.807) is 0 Å². The van der Waals surface area contributed by atoms with E-state index < -0.39 is 0 Å². The second-order valence-electron chi connectivity index (χ2n) is 4.55. The summed E-state index contributed by atoms with van der Waals surface area (Å²) in [6, 6.07) is 16.8. The monoisotopic (exact) mass is 224 g/mol. The molecule has 2 aromatic rings. The van der Waals surface area contributed by atoms with E-state index in [0.29, 0.717) is 0 Å². The number of nitrogens with two attached hydrogens (primary N) is 1. The third kappa shape index (κ3) is 1.98. The first-order valence-corrected chi connectivity index (χ1v) is 6.00. The molecule has 2 heteroatoms. The molecular formula is C15H16N2. The van der Waals surface area contributed by atoms with Crippen molar-refractivity contribution in [1.82, 2.24) is 0 Å². The lowest BCUT2D eigenvalue weighted by atomic mass is 10.1. The average Bonchev–Trinajstić information content (AvgIpc) is 2.73. The highest BCUT2D eigenvalue weighted by molar-refractivity contribution is 5.64. The number of benzene rings is 2. The molecule has 0 aromatic heterocycles. The molecule has 0 atom stereocenters. The van der Waals surface area contributed by atoms with Gasteiger partial charge in [-0.3, -0.25) is 0 Å². The summed E-state index contributed by atoms with van der Waals surface area (Å²) >= 11 is 0. The summed E-state index contributed by atoms with van der Waals surface area (Å²) in [5.41, 5.74) is 10.8. The van der Waals surface area contributed by atoms with E-state index in [1.807, 2.05) is 6.07 Å². The number of hydrogen-bond donors (Lipinski definition) is 1. The van der Waals surface area contributed by atoms with Crippen LogP contribution in [0.1, 0.15) is 11.1 Å². The largest absolute Gasteiger partial charge is 0.399 e. The predicted molar refractivity (Wildman–Crippen MR) is 72.1 cm³/mol. The van der Waals surface area contributed by atoms with Gasteiger partial charge in [-0.1, -0.05) is 36.4 Å². The van der Waals surface area contributed by atoms with E-state index in [2.05, 4.69) is 47.4 Å². The van der Waals surface area contributed by atoms with Gasteiger partial charge >= 0.3 is 0 Å². The first-order valence-electron chi connectivity index (χ1n) is 6.00. The number of nitrogen functional groups attached to an aromatic ring is 1. The molecule has 0 bridgehead atoms. The molecule has 2 nitrogen and oxygen atoms in total. The number of anilines is 2. The Bertz CT molecular complexity index is 520. The zero-order valence-corrected chi connectivity index (χ0v) is 9.76. The van der Waals surface area contributed by atoms with Gasteiger partial charge in [0.05, 0.1) is 0 Å². The maximum Gasteiger partial charge on any atom is 0.0429 e. The molecule has 0 aliphatic carbocycles. The minimum absolute atomic E-state index is 0.851. The summed E-state index contributed by atoms with van der Waals surface area (Å²) in [4.78, 5) is 2.40. The molecule has 2 aromatic carbocycles. The molecule has 86 valence electrons. The van der Waals surface area contributed by atoms with E-state index in [9.17, 15) is 0 Å². The van der Waals surface area contributed by atoms with Gasteiger partial charge in [-0.2, -0.15) is 0 Å². The number of rotatable bonds is 2. The molecule has 0 spiro atoms. The summed E-state index contributed by atoms with van der Waals surface area (Å²) in [5, 5.41) is 0. The highest BCUT2D eigenvalue weighted by Gasteiger charge is 2.18. The van der Waals surface area contributed by atoms with Crippen LogP contribution in [0.3, 0.4) is 0 Å². The third-order valence-corrected chi connectivity index (χ3v) is 3.32. The Morgan fingerprint density at radius 2 is 1.88 bits per heavy atom. The van der Waals surface area contributed by atoms with Crippen LogP contribution in [-0.2, 0) is 13.0 Å². The van der Waals surface area contributed by atoms with Gasteiger partial charge in [-0.05, 0) is 29.7 Å². The topological polar surface area (TPSA) is 29.3 Å². The quantitative estimate of drug-likeness (QED) is 0.795. The maximum absolute atomic E-state index is 5.86. The van der Waals surface area contributed by atoms with Crippen molar-refractivity contribution in [2.45, 2.75) is 13.0 Å². The zero-order valence-electron chi connectivity index (χ0n) is 9.76. The van der Waals surface area contributed by atoms with Crippen LogP contribution in [0.15, 0.2) is 48.5 Å². The van der Waals surface area contributed by atoms with Gasteiger partial charge in [0.25, 0.3) is 0 Å². The summed E-state index contributed by atoms with van der Waals surface area (Å²) in [7, 11) is 0. The first-order chi connectivity index (χ1) is 8.33. The van der Waals surface area contributed by atoms with Gasteiger partial charge in [0, 0.05) is 24.5 Å². The molecule has 0 saturated carbocycles. The van der Waals surface area contributed by atoms with E-state index in [1.165, 1.54) is 16.8 Å². The van der Waals surface area contributed by atoms with Crippen molar-refractivity contribution < 1.29 is 0 Å². The summed E-state index contributed by atoms with van der Waals surface area (Å²) in [6.45, 7) is 2.06. The van der Waals surface area contributed by atoms with Gasteiger partial charge in [0.2, 0.25) is 0 Å². The molecule has 0 unspecified atom stereocenters. The Kier molecular flexibility index (Phi) is 2.48. The fraction of sp³-hybridized carbons (Fsp3) is 0.200. The standard InChI is InChI=1S/C15H16N2/c16-14-7-6-13-8-9-17(15(13)10-14)11-12-4-2-1-3-5-12/h1-7,10H,8-9,11,16H2. The second-order valence-corrected chi connectivity index (χ2v) is 4.55. The minimum atomic E-state index is 0.851. The van der Waals surface area contributed by atoms with Crippen LogP contribution in [0.4, 0.5) is 11.4 Å². The van der Waals surface area contributed by atoms with Crippen molar-refractivity contribution >= 4 is 11.4 Å². The Labute approximate surface area is 102 Å². The van der Waals surface area contributed by atoms with Crippen LogP contribution >= 0.6 is 0 Å². The normalized spacial score (nSPS) is 13.8. The van der Waals surface area contributed by atoms with Gasteiger partial charge in [-0.15, -0.1) is 0 Å². The molecule has 0 amide bonds. The Balaban J connectivity index is 1.86. The van der Waals surface area contributed by atoms with Crippen LogP contribution < -0.4 is 10.6 Å². The highest BCUT2D eigenvalue weighted by atomic mass is 15.1. The van der Waals surface area contributed by atoms with E-state index in [0.717, 1.165) is 25.2 Å². The molecule has 0 radical (unpaired) electrons. The van der Waals surface area contributed by atoms with Crippen LogP contribution in [0.2, 0.25) is 0 Å². The van der Waals surface area contributed by atoms with Crippen molar-refractivity contribution in [3.05, 3.63) is 59.7 Å². The van der Waals surface area contributed by atoms with Crippen LogP contribution in [0.5, 0.6) is 0 Å². The first kappa shape index (κ1) is 10.2. The Morgan fingerprint density at radius 1 is 1.06 bits per heavy atom. The smallest absolute Gasteiger partial charge is 0.0429 e. The summed E-state index contributed by atoms with van der Waals surface area (Å²) in [5.74, 6) is 0. The minimum Gasteiger partial charge on any atom is -0.399 e. The van der Waals surface area contributed by atoms with E-state index >= 15 is 0 Å². The van der Waals surface area contributed by atoms with Crippen molar-refractivity contribution in [3.8, 4) is 0 Å². The lowest BCUT2D eigenvalue weighted by molar-refractivity contribution is 0.836. The molecule has 0 saturated heterocycles. The molecule has 1 aliphatic rings. The highest BCUT2D eigenvalue weighted by Crippen LogP contribution is 2.30. The van der Waals surface area contributed by atoms with Gasteiger partial charge in [0.1, 0.15) is 0 Å². The van der Waals surface area contributed by atoms with Crippen molar-refractivity contribution in [2.75, 3.05) is 17.2 Å². The lowest BCUT2D eigenvalue weighted by Crippen LogP contribution is -2.19. The third-order valence-electron chi connectivity index (χ3n) is 3.32. The van der Waals surface area contributed by atoms with Gasteiger partial charge in [-0.25, -0.2) is 0 Å². The van der Waals surface area contributed by atoms with E-state index in [4.69, 9.17) is 5.73 Å². The number of nitrogens with zero attached hydrogens (tertiary/aromatic N) is 1. The maximum atomic E-state index is 5.86. The Hall–Kier alpha value is -1.96. The zero-order chi connectivity index (χ0) is 11.7. The van der Waals surface area contributed by atoms with Gasteiger partial charge in [0.15, 0.2) is 0 Å². The van der Waals surface area contributed by atoms with Crippen LogP contribution in [0, 0.1) is 0 Å². The van der Waals surface area contributed by atoms with Crippen LogP contribution in [0.25, 0.3) is 0 Å². The fourth-order valence-electron chi connectivity index (χ4n) is 2.43.